The topological polar surface area (TPSA) is 3.24 Å². The van der Waals surface area contributed by atoms with Crippen LogP contribution in [0.4, 0.5) is 17.1 Å². The van der Waals surface area contributed by atoms with E-state index in [0.29, 0.717) is 5.92 Å². The Labute approximate surface area is 198 Å². The van der Waals surface area contributed by atoms with Gasteiger partial charge in [-0.1, -0.05) is 87.0 Å². The fourth-order valence-corrected chi connectivity index (χ4v) is 4.84. The molecule has 1 heteroatoms. The summed E-state index contributed by atoms with van der Waals surface area (Å²) in [6, 6.07) is 39.2. The molecule has 1 aliphatic rings. The lowest BCUT2D eigenvalue weighted by atomic mass is 9.86. The van der Waals surface area contributed by atoms with Crippen molar-refractivity contribution in [2.75, 3.05) is 4.90 Å². The van der Waals surface area contributed by atoms with Crippen molar-refractivity contribution in [3.8, 4) is 0 Å². The highest BCUT2D eigenvalue weighted by Crippen LogP contribution is 2.48. The van der Waals surface area contributed by atoms with E-state index in [9.17, 15) is 0 Å². The summed E-state index contributed by atoms with van der Waals surface area (Å²) < 4.78 is 0. The Morgan fingerprint density at radius 2 is 1.42 bits per heavy atom. The van der Waals surface area contributed by atoms with Crippen LogP contribution in [0.1, 0.15) is 49.4 Å². The molecular weight excluding hydrogens is 398 g/mol. The quantitative estimate of drug-likeness (QED) is 0.308. The van der Waals surface area contributed by atoms with Gasteiger partial charge in [-0.2, -0.15) is 0 Å². The third-order valence-corrected chi connectivity index (χ3v) is 6.75. The van der Waals surface area contributed by atoms with Crippen LogP contribution in [-0.4, -0.2) is 0 Å². The number of anilines is 3. The summed E-state index contributed by atoms with van der Waals surface area (Å²) >= 11 is 0. The maximum Gasteiger partial charge on any atom is 0.0540 e. The third-order valence-electron chi connectivity index (χ3n) is 6.75. The lowest BCUT2D eigenvalue weighted by molar-refractivity contribution is 0.560. The van der Waals surface area contributed by atoms with E-state index in [1.54, 1.807) is 0 Å². The fourth-order valence-electron chi connectivity index (χ4n) is 4.84. The standard InChI is InChI=1S/C32H29N/c1-4-23(2)22-25-14-8-9-18-28(25)32-24(3)27-17-10-12-20-30(27)33(26-15-6-5-7-16-26)31-21-13-11-19-29(31)32/h5-8,10-17,19-21,23H,4,22H2,1-3H3/t23-/m0/s1. The van der Waals surface area contributed by atoms with Crippen LogP contribution >= 0.6 is 0 Å². The molecule has 0 saturated heterocycles. The first-order valence-corrected chi connectivity index (χ1v) is 11.9. The van der Waals surface area contributed by atoms with Gasteiger partial charge in [0.2, 0.25) is 0 Å². The second kappa shape index (κ2) is 9.00. The molecule has 0 bridgehead atoms. The molecule has 4 aromatic rings. The molecule has 0 unspecified atom stereocenters. The van der Waals surface area contributed by atoms with E-state index >= 15 is 0 Å². The summed E-state index contributed by atoms with van der Waals surface area (Å²) in [6.45, 7) is 6.85. The summed E-state index contributed by atoms with van der Waals surface area (Å²) in [4.78, 5) is 2.39. The summed E-state index contributed by atoms with van der Waals surface area (Å²) in [5.74, 6) is 0.620. The zero-order valence-corrected chi connectivity index (χ0v) is 19.6. The Hall–Kier alpha value is -3.76. The van der Waals surface area contributed by atoms with E-state index in [4.69, 9.17) is 0 Å². The molecule has 162 valence electrons. The smallest absolute Gasteiger partial charge is 0.0540 e. The molecular formula is C32H29N. The lowest BCUT2D eigenvalue weighted by Gasteiger charge is -2.27. The Morgan fingerprint density at radius 1 is 0.788 bits per heavy atom. The van der Waals surface area contributed by atoms with Crippen LogP contribution < -0.4 is 4.90 Å². The van der Waals surface area contributed by atoms with Crippen molar-refractivity contribution >= 4 is 28.2 Å². The summed E-state index contributed by atoms with van der Waals surface area (Å²) in [5, 5.41) is 0. The molecule has 1 atom stereocenters. The van der Waals surface area contributed by atoms with Gasteiger partial charge in [-0.25, -0.2) is 0 Å². The Kier molecular flexibility index (Phi) is 5.76. The van der Waals surface area contributed by atoms with Gasteiger partial charge in [0.05, 0.1) is 11.4 Å². The molecule has 0 aromatic heterocycles. The number of fused-ring (bicyclic) bond motifs is 2. The van der Waals surface area contributed by atoms with Crippen LogP contribution in [0.25, 0.3) is 11.1 Å². The lowest BCUT2D eigenvalue weighted by Crippen LogP contribution is -2.11. The highest BCUT2D eigenvalue weighted by Gasteiger charge is 2.27. The molecule has 0 fully saturated rings. The minimum atomic E-state index is 0.620. The van der Waals surface area contributed by atoms with Crippen LogP contribution in [0, 0.1) is 18.1 Å². The van der Waals surface area contributed by atoms with Crippen LogP contribution in [0.3, 0.4) is 0 Å². The molecule has 0 aliphatic carbocycles. The van der Waals surface area contributed by atoms with Crippen molar-refractivity contribution in [1.29, 1.82) is 0 Å². The molecule has 0 spiro atoms. The van der Waals surface area contributed by atoms with E-state index in [-0.39, 0.29) is 0 Å². The van der Waals surface area contributed by atoms with Crippen LogP contribution in [0.2, 0.25) is 0 Å². The molecule has 1 aliphatic heterocycles. The van der Waals surface area contributed by atoms with Gasteiger partial charge in [0, 0.05) is 28.0 Å². The molecule has 5 rings (SSSR count). The first-order valence-electron chi connectivity index (χ1n) is 11.9. The predicted octanol–water partition coefficient (Wildman–Crippen LogP) is 8.64. The van der Waals surface area contributed by atoms with Crippen molar-refractivity contribution in [3.63, 3.8) is 0 Å². The van der Waals surface area contributed by atoms with Crippen molar-refractivity contribution in [2.24, 2.45) is 5.92 Å². The molecule has 33 heavy (non-hydrogen) atoms. The van der Waals surface area contributed by atoms with Gasteiger partial charge in [-0.15, -0.1) is 0 Å². The van der Waals surface area contributed by atoms with E-state index < -0.39 is 0 Å². The number of hydrogen-bond donors (Lipinski definition) is 0. The molecule has 0 radical (unpaired) electrons. The van der Waals surface area contributed by atoms with Gasteiger partial charge in [0.25, 0.3) is 0 Å². The van der Waals surface area contributed by atoms with Gasteiger partial charge in [0.1, 0.15) is 0 Å². The van der Waals surface area contributed by atoms with Crippen molar-refractivity contribution in [3.05, 3.63) is 125 Å². The Morgan fingerprint density at radius 3 is 2.15 bits per heavy atom. The molecule has 0 amide bonds. The third kappa shape index (κ3) is 3.83. The predicted molar refractivity (Wildman–Crippen MR) is 140 cm³/mol. The molecule has 0 saturated carbocycles. The number of allylic oxidation sites excluding steroid dienone is 1. The number of nitrogens with zero attached hydrogens (tertiary/aromatic N) is 1. The van der Waals surface area contributed by atoms with Gasteiger partial charge >= 0.3 is 0 Å². The van der Waals surface area contributed by atoms with Crippen molar-refractivity contribution < 1.29 is 0 Å². The first kappa shape index (κ1) is 21.1. The number of hydrogen-bond acceptors (Lipinski definition) is 1. The van der Waals surface area contributed by atoms with Gasteiger partial charge < -0.3 is 4.90 Å². The van der Waals surface area contributed by atoms with Gasteiger partial charge in [-0.05, 0) is 66.8 Å². The van der Waals surface area contributed by atoms with Crippen LogP contribution in [-0.2, 0) is 6.42 Å². The first-order chi connectivity index (χ1) is 16.2. The molecule has 0 N–H and O–H groups in total. The van der Waals surface area contributed by atoms with Crippen molar-refractivity contribution in [1.82, 2.24) is 0 Å². The van der Waals surface area contributed by atoms with E-state index in [1.165, 1.54) is 44.8 Å². The minimum Gasteiger partial charge on any atom is -0.309 e. The minimum absolute atomic E-state index is 0.620. The maximum atomic E-state index is 3.52. The average Bonchev–Trinajstić information content (AvgIpc) is 2.97. The van der Waals surface area contributed by atoms with Gasteiger partial charge in [-0.3, -0.25) is 0 Å². The number of rotatable bonds is 5. The number of para-hydroxylation sites is 3. The average molecular weight is 428 g/mol. The van der Waals surface area contributed by atoms with E-state index in [2.05, 4.69) is 123 Å². The van der Waals surface area contributed by atoms with Crippen LogP contribution in [0.15, 0.2) is 91.0 Å². The van der Waals surface area contributed by atoms with E-state index in [0.717, 1.165) is 18.5 Å². The van der Waals surface area contributed by atoms with Crippen LogP contribution in [0.5, 0.6) is 0 Å². The summed E-state index contributed by atoms with van der Waals surface area (Å²) in [7, 11) is 0. The zero-order valence-electron chi connectivity index (χ0n) is 19.6. The van der Waals surface area contributed by atoms with Crippen molar-refractivity contribution in [2.45, 2.75) is 33.6 Å². The Balaban J connectivity index is 1.82. The Bertz CT molecular complexity index is 1300. The SMILES string of the molecule is CC[C@H](C)Cc1ccc#cc1C1=C(C)c2ccccc2N(c2ccccc2)c2ccccc21. The molecule has 1 heterocycles. The fraction of sp³-hybridized carbons (Fsp3) is 0.188. The maximum absolute atomic E-state index is 3.52. The normalized spacial score (nSPS) is 13.6. The molecule has 4 aromatic carbocycles. The summed E-state index contributed by atoms with van der Waals surface area (Å²) in [6.07, 6.45) is 2.21. The number of benzene rings is 3. The summed E-state index contributed by atoms with van der Waals surface area (Å²) in [5.41, 5.74) is 11.1. The second-order valence-electron chi connectivity index (χ2n) is 8.93. The highest BCUT2D eigenvalue weighted by molar-refractivity contribution is 6.07. The molecule has 1 nitrogen and oxygen atoms in total. The zero-order chi connectivity index (χ0) is 22.8. The van der Waals surface area contributed by atoms with E-state index in [1.807, 2.05) is 6.07 Å². The largest absolute Gasteiger partial charge is 0.309 e. The monoisotopic (exact) mass is 427 g/mol. The second-order valence-corrected chi connectivity index (χ2v) is 8.93. The highest BCUT2D eigenvalue weighted by atomic mass is 15.1. The van der Waals surface area contributed by atoms with Gasteiger partial charge in [0.15, 0.2) is 0 Å².